The summed E-state index contributed by atoms with van der Waals surface area (Å²) in [4.78, 5) is 51.6. The van der Waals surface area contributed by atoms with Crippen molar-refractivity contribution in [1.29, 1.82) is 0 Å². The molecule has 156 valence electrons. The molecular weight excluding hydrogens is 384 g/mol. The Morgan fingerprint density at radius 3 is 0.867 bits per heavy atom. The van der Waals surface area contributed by atoms with Gasteiger partial charge < -0.3 is 21.3 Å². The lowest BCUT2D eigenvalue weighted by molar-refractivity contribution is -0.136. The van der Waals surface area contributed by atoms with E-state index in [1.54, 1.807) is 48.5 Å². The van der Waals surface area contributed by atoms with Crippen molar-refractivity contribution in [3.8, 4) is 0 Å². The van der Waals surface area contributed by atoms with Crippen LogP contribution in [0.5, 0.6) is 0 Å². The molecule has 2 aromatic carbocycles. The molecule has 1 heterocycles. The predicted molar refractivity (Wildman–Crippen MR) is 115 cm³/mol. The topological polar surface area (TPSA) is 116 Å². The zero-order chi connectivity index (χ0) is 22.1. The number of benzene rings is 2. The van der Waals surface area contributed by atoms with Gasteiger partial charge in [0.05, 0.1) is 22.7 Å². The number of rotatable bonds is 0. The van der Waals surface area contributed by atoms with Gasteiger partial charge in [-0.25, -0.2) is 0 Å². The summed E-state index contributed by atoms with van der Waals surface area (Å²) in [7, 11) is 0. The molecule has 4 amide bonds. The molecule has 1 aliphatic rings. The third-order valence-electron chi connectivity index (χ3n) is 5.12. The summed E-state index contributed by atoms with van der Waals surface area (Å²) >= 11 is 0. The number of anilines is 4. The highest BCUT2D eigenvalue weighted by Gasteiger charge is 2.39. The van der Waals surface area contributed by atoms with Crippen LogP contribution in [0.4, 0.5) is 22.7 Å². The van der Waals surface area contributed by atoms with Gasteiger partial charge in [0.25, 0.3) is 0 Å². The number of hydrogen-bond acceptors (Lipinski definition) is 4. The Kier molecular flexibility index (Phi) is 5.35. The summed E-state index contributed by atoms with van der Waals surface area (Å²) in [5, 5.41) is 10.8. The maximum absolute atomic E-state index is 12.9. The Bertz CT molecular complexity index is 881. The lowest BCUT2D eigenvalue weighted by Crippen LogP contribution is -2.44. The van der Waals surface area contributed by atoms with Gasteiger partial charge in [0.1, 0.15) is 10.8 Å². The van der Waals surface area contributed by atoms with Crippen molar-refractivity contribution in [1.82, 2.24) is 0 Å². The fraction of sp³-hybridized carbons (Fsp3) is 0.273. The zero-order valence-corrected chi connectivity index (χ0v) is 17.3. The summed E-state index contributed by atoms with van der Waals surface area (Å²) in [6.07, 6.45) is 0. The summed E-state index contributed by atoms with van der Waals surface area (Å²) in [6.45, 7) is 5.98. The molecule has 0 saturated heterocycles. The molecule has 0 aromatic heterocycles. The Hall–Kier alpha value is -3.68. The van der Waals surface area contributed by atoms with Crippen molar-refractivity contribution in [3.63, 3.8) is 0 Å². The van der Waals surface area contributed by atoms with Gasteiger partial charge in [0, 0.05) is 0 Å². The summed E-state index contributed by atoms with van der Waals surface area (Å²) < 4.78 is 0. The minimum Gasteiger partial charge on any atom is -0.323 e. The SMILES string of the molecule is CC1(C)C(=O)Nc2ccccc2NC(=O)C(C)(C)C(=O)Nc2ccccc2NC1=O. The Labute approximate surface area is 174 Å². The summed E-state index contributed by atoms with van der Waals surface area (Å²) in [5.41, 5.74) is -1.57. The number of amides is 4. The fourth-order valence-corrected chi connectivity index (χ4v) is 2.72. The third kappa shape index (κ3) is 3.89. The van der Waals surface area contributed by atoms with Crippen molar-refractivity contribution in [2.75, 3.05) is 21.3 Å². The van der Waals surface area contributed by atoms with Gasteiger partial charge in [0.15, 0.2) is 0 Å². The van der Waals surface area contributed by atoms with E-state index in [-0.39, 0.29) is 0 Å². The molecule has 0 aliphatic carbocycles. The van der Waals surface area contributed by atoms with Crippen LogP contribution in [0, 0.1) is 10.8 Å². The number of nitrogens with one attached hydrogen (secondary N) is 4. The first kappa shape index (κ1) is 21.0. The van der Waals surface area contributed by atoms with Crippen LogP contribution in [0.1, 0.15) is 27.7 Å². The molecular formula is C22H24N4O4. The van der Waals surface area contributed by atoms with E-state index in [0.717, 1.165) is 0 Å². The average Bonchev–Trinajstić information content (AvgIpc) is 2.69. The molecule has 8 nitrogen and oxygen atoms in total. The van der Waals surface area contributed by atoms with Crippen molar-refractivity contribution in [2.24, 2.45) is 10.8 Å². The molecule has 4 N–H and O–H groups in total. The van der Waals surface area contributed by atoms with Crippen LogP contribution in [0.2, 0.25) is 0 Å². The Morgan fingerprint density at radius 1 is 0.467 bits per heavy atom. The molecule has 0 atom stereocenters. The average molecular weight is 408 g/mol. The van der Waals surface area contributed by atoms with Crippen molar-refractivity contribution in [2.45, 2.75) is 27.7 Å². The first-order valence-electron chi connectivity index (χ1n) is 9.47. The number of hydrogen-bond donors (Lipinski definition) is 4. The molecule has 0 fully saturated rings. The van der Waals surface area contributed by atoms with E-state index in [9.17, 15) is 19.2 Å². The van der Waals surface area contributed by atoms with Crippen LogP contribution in [0.3, 0.4) is 0 Å². The van der Waals surface area contributed by atoms with E-state index in [0.29, 0.717) is 22.7 Å². The predicted octanol–water partition coefficient (Wildman–Crippen LogP) is 3.21. The first-order chi connectivity index (χ1) is 14.0. The molecule has 1 aliphatic heterocycles. The normalized spacial score (nSPS) is 18.5. The van der Waals surface area contributed by atoms with Gasteiger partial charge in [0.2, 0.25) is 23.6 Å². The third-order valence-corrected chi connectivity index (χ3v) is 5.12. The van der Waals surface area contributed by atoms with Crippen LogP contribution in [0.25, 0.3) is 0 Å². The van der Waals surface area contributed by atoms with Gasteiger partial charge in [-0.2, -0.15) is 0 Å². The summed E-state index contributed by atoms with van der Waals surface area (Å²) in [5.74, 6) is -2.17. The van der Waals surface area contributed by atoms with Gasteiger partial charge in [-0.15, -0.1) is 0 Å². The first-order valence-corrected chi connectivity index (χ1v) is 9.47. The minimum absolute atomic E-state index is 0.324. The Balaban J connectivity index is 2.10. The van der Waals surface area contributed by atoms with E-state index in [2.05, 4.69) is 21.3 Å². The van der Waals surface area contributed by atoms with E-state index >= 15 is 0 Å². The van der Waals surface area contributed by atoms with Gasteiger partial charge in [-0.1, -0.05) is 24.3 Å². The van der Waals surface area contributed by atoms with Gasteiger partial charge >= 0.3 is 0 Å². The maximum Gasteiger partial charge on any atom is 0.239 e. The molecule has 0 radical (unpaired) electrons. The maximum atomic E-state index is 12.9. The highest BCUT2D eigenvalue weighted by Crippen LogP contribution is 2.31. The highest BCUT2D eigenvalue weighted by atomic mass is 16.2. The molecule has 3 rings (SSSR count). The second-order valence-corrected chi connectivity index (χ2v) is 8.16. The van der Waals surface area contributed by atoms with Gasteiger partial charge in [-0.3, -0.25) is 19.2 Å². The van der Waals surface area contributed by atoms with Crippen LogP contribution in [-0.4, -0.2) is 23.6 Å². The van der Waals surface area contributed by atoms with Gasteiger partial charge in [-0.05, 0) is 52.0 Å². The smallest absolute Gasteiger partial charge is 0.239 e. The van der Waals surface area contributed by atoms with Crippen molar-refractivity contribution < 1.29 is 19.2 Å². The minimum atomic E-state index is -1.43. The Morgan fingerprint density at radius 2 is 0.667 bits per heavy atom. The summed E-state index contributed by atoms with van der Waals surface area (Å²) in [6, 6.07) is 13.2. The largest absolute Gasteiger partial charge is 0.323 e. The number of fused-ring (bicyclic) bond motifs is 2. The molecule has 0 unspecified atom stereocenters. The second-order valence-electron chi connectivity index (χ2n) is 8.16. The zero-order valence-electron chi connectivity index (χ0n) is 17.3. The van der Waals surface area contributed by atoms with E-state index in [1.807, 2.05) is 0 Å². The van der Waals surface area contributed by atoms with Crippen molar-refractivity contribution in [3.05, 3.63) is 48.5 Å². The lowest BCUT2D eigenvalue weighted by atomic mass is 9.89. The van der Waals surface area contributed by atoms with Crippen LogP contribution >= 0.6 is 0 Å². The molecule has 0 saturated carbocycles. The van der Waals surface area contributed by atoms with Crippen molar-refractivity contribution >= 4 is 46.4 Å². The molecule has 0 spiro atoms. The van der Waals surface area contributed by atoms with E-state index < -0.39 is 34.5 Å². The monoisotopic (exact) mass is 408 g/mol. The van der Waals surface area contributed by atoms with Crippen LogP contribution in [0.15, 0.2) is 48.5 Å². The highest BCUT2D eigenvalue weighted by molar-refractivity contribution is 6.19. The molecule has 30 heavy (non-hydrogen) atoms. The molecule has 2 aromatic rings. The number of carbonyl (C=O) groups is 4. The quantitative estimate of drug-likeness (QED) is 0.501. The van der Waals surface area contributed by atoms with Crippen LogP contribution < -0.4 is 21.3 Å². The standard InChI is InChI=1S/C22H24N4O4/c1-21(2)17(27)23-13-9-5-7-11-15(13)25-19(29)22(3,4)20(30)26-16-12-8-6-10-14(16)24-18(21)28/h5-12H,1-4H3,(H,23,27)(H,24,28)(H,25,29)(H,26,30). The van der Waals surface area contributed by atoms with Crippen LogP contribution in [-0.2, 0) is 19.2 Å². The fourth-order valence-electron chi connectivity index (χ4n) is 2.72. The molecule has 0 bridgehead atoms. The van der Waals surface area contributed by atoms with E-state index in [1.165, 1.54) is 27.7 Å². The number of carbonyl (C=O) groups excluding carboxylic acids is 4. The second kappa shape index (κ2) is 7.62. The lowest BCUT2D eigenvalue weighted by Gasteiger charge is -2.27. The number of para-hydroxylation sites is 4. The van der Waals surface area contributed by atoms with E-state index in [4.69, 9.17) is 0 Å². The molecule has 8 heteroatoms.